The van der Waals surface area contributed by atoms with Gasteiger partial charge in [0.1, 0.15) is 5.82 Å². The van der Waals surface area contributed by atoms with Gasteiger partial charge in [-0.3, -0.25) is 4.79 Å². The summed E-state index contributed by atoms with van der Waals surface area (Å²) in [7, 11) is 0. The number of rotatable bonds is 1. The number of carbonyl (C=O) groups excluding carboxylic acids is 1. The average molecular weight is 347 g/mol. The monoisotopic (exact) mass is 346 g/mol. The minimum atomic E-state index is -0.411. The van der Waals surface area contributed by atoms with Crippen molar-refractivity contribution in [2.75, 3.05) is 17.6 Å². The van der Waals surface area contributed by atoms with Gasteiger partial charge in [-0.05, 0) is 43.0 Å². The summed E-state index contributed by atoms with van der Waals surface area (Å²) in [5.41, 5.74) is 9.61. The van der Waals surface area contributed by atoms with Crippen LogP contribution in [-0.4, -0.2) is 33.4 Å². The SMILES string of the molecule is Nc1c2c(nn1C(=O)C1CCNc3ccc(Cl)cc31)CCC(O)C2. The van der Waals surface area contributed by atoms with Crippen LogP contribution in [0.15, 0.2) is 18.2 Å². The number of aromatic nitrogens is 2. The van der Waals surface area contributed by atoms with Crippen molar-refractivity contribution in [3.63, 3.8) is 0 Å². The van der Waals surface area contributed by atoms with Gasteiger partial charge in [-0.1, -0.05) is 11.6 Å². The topological polar surface area (TPSA) is 93.2 Å². The molecule has 0 saturated heterocycles. The minimum Gasteiger partial charge on any atom is -0.393 e. The molecule has 1 aromatic heterocycles. The fraction of sp³-hybridized carbons (Fsp3) is 0.412. The summed E-state index contributed by atoms with van der Waals surface area (Å²) in [6.07, 6.45) is 2.02. The second kappa shape index (κ2) is 5.79. The summed E-state index contributed by atoms with van der Waals surface area (Å²) in [6.45, 7) is 0.713. The molecule has 126 valence electrons. The molecular weight excluding hydrogens is 328 g/mol. The van der Waals surface area contributed by atoms with E-state index in [9.17, 15) is 9.90 Å². The quantitative estimate of drug-likeness (QED) is 0.736. The van der Waals surface area contributed by atoms with Crippen LogP contribution in [0.4, 0.5) is 11.5 Å². The number of hydrogen-bond donors (Lipinski definition) is 3. The Kier molecular flexibility index (Phi) is 3.73. The van der Waals surface area contributed by atoms with Crippen LogP contribution in [-0.2, 0) is 12.8 Å². The number of fused-ring (bicyclic) bond motifs is 2. The molecule has 0 radical (unpaired) electrons. The number of nitrogens with one attached hydrogen (secondary N) is 1. The van der Waals surface area contributed by atoms with Crippen molar-refractivity contribution in [3.8, 4) is 0 Å². The van der Waals surface area contributed by atoms with E-state index in [0.29, 0.717) is 43.1 Å². The van der Waals surface area contributed by atoms with Gasteiger partial charge in [-0.25, -0.2) is 0 Å². The Bertz CT molecular complexity index is 817. The van der Waals surface area contributed by atoms with Crippen molar-refractivity contribution >= 4 is 29.0 Å². The number of benzene rings is 1. The predicted octanol–water partition coefficient (Wildman–Crippen LogP) is 2.21. The van der Waals surface area contributed by atoms with E-state index in [1.165, 1.54) is 4.68 Å². The van der Waals surface area contributed by atoms with Gasteiger partial charge in [-0.15, -0.1) is 0 Å². The molecular formula is C17H19ClN4O2. The summed E-state index contributed by atoms with van der Waals surface area (Å²) >= 11 is 6.11. The number of nitrogen functional groups attached to an aromatic ring is 1. The predicted molar refractivity (Wildman–Crippen MR) is 92.6 cm³/mol. The summed E-state index contributed by atoms with van der Waals surface area (Å²) in [6, 6.07) is 5.53. The van der Waals surface area contributed by atoms with Gasteiger partial charge in [-0.2, -0.15) is 9.78 Å². The molecule has 2 aliphatic rings. The number of nitrogens with zero attached hydrogens (tertiary/aromatic N) is 2. The zero-order chi connectivity index (χ0) is 16.8. The van der Waals surface area contributed by atoms with Crippen LogP contribution in [0.1, 0.15) is 40.4 Å². The van der Waals surface area contributed by atoms with Crippen LogP contribution in [0.3, 0.4) is 0 Å². The van der Waals surface area contributed by atoms with Crippen molar-refractivity contribution in [1.82, 2.24) is 9.78 Å². The number of halogens is 1. The van der Waals surface area contributed by atoms with E-state index in [1.807, 2.05) is 18.2 Å². The molecule has 2 unspecified atom stereocenters. The fourth-order valence-corrected chi connectivity index (χ4v) is 3.82. The van der Waals surface area contributed by atoms with E-state index in [0.717, 1.165) is 22.5 Å². The summed E-state index contributed by atoms with van der Waals surface area (Å²) < 4.78 is 1.32. The van der Waals surface area contributed by atoms with Gasteiger partial charge < -0.3 is 16.2 Å². The van der Waals surface area contributed by atoms with E-state index in [4.69, 9.17) is 17.3 Å². The molecule has 0 fully saturated rings. The normalized spacial score (nSPS) is 22.4. The molecule has 1 aliphatic carbocycles. The first-order chi connectivity index (χ1) is 11.5. The molecule has 24 heavy (non-hydrogen) atoms. The lowest BCUT2D eigenvalue weighted by Crippen LogP contribution is -2.28. The fourth-order valence-electron chi connectivity index (χ4n) is 3.64. The molecule has 4 N–H and O–H groups in total. The second-order valence-electron chi connectivity index (χ2n) is 6.46. The summed E-state index contributed by atoms with van der Waals surface area (Å²) in [4.78, 5) is 13.1. The molecule has 4 rings (SSSR count). The Morgan fingerprint density at radius 2 is 2.25 bits per heavy atom. The Hall–Kier alpha value is -2.05. The van der Waals surface area contributed by atoms with Gasteiger partial charge in [0.05, 0.1) is 17.7 Å². The standard InChI is InChI=1S/C17H19ClN4O2/c18-9-1-3-14-12(7-9)11(5-6-20-14)17(24)22-16(19)13-8-10(23)2-4-15(13)21-22/h1,3,7,10-11,20,23H,2,4-6,8,19H2. The molecule has 0 saturated carbocycles. The lowest BCUT2D eigenvalue weighted by atomic mass is 9.90. The van der Waals surface area contributed by atoms with Crippen LogP contribution in [0.25, 0.3) is 0 Å². The van der Waals surface area contributed by atoms with Gasteiger partial charge in [0.25, 0.3) is 5.91 Å². The molecule has 1 aliphatic heterocycles. The zero-order valence-electron chi connectivity index (χ0n) is 13.1. The first kappa shape index (κ1) is 15.5. The summed E-state index contributed by atoms with van der Waals surface area (Å²) in [5, 5.41) is 18.2. The first-order valence-electron chi connectivity index (χ1n) is 8.16. The van der Waals surface area contributed by atoms with Gasteiger partial charge in [0, 0.05) is 29.2 Å². The molecule has 6 nitrogen and oxygen atoms in total. The van der Waals surface area contributed by atoms with E-state index in [1.54, 1.807) is 0 Å². The Labute approximate surface area is 144 Å². The van der Waals surface area contributed by atoms with Crippen molar-refractivity contribution in [2.45, 2.75) is 37.7 Å². The van der Waals surface area contributed by atoms with Gasteiger partial charge >= 0.3 is 0 Å². The van der Waals surface area contributed by atoms with Crippen molar-refractivity contribution in [2.24, 2.45) is 0 Å². The third-order valence-corrected chi connectivity index (χ3v) is 5.14. The Morgan fingerprint density at radius 1 is 1.42 bits per heavy atom. The van der Waals surface area contributed by atoms with Crippen LogP contribution in [0, 0.1) is 0 Å². The molecule has 0 bridgehead atoms. The highest BCUT2D eigenvalue weighted by molar-refractivity contribution is 6.30. The molecule has 7 heteroatoms. The van der Waals surface area contributed by atoms with Gasteiger partial charge in [0.2, 0.25) is 0 Å². The Morgan fingerprint density at radius 3 is 3.08 bits per heavy atom. The molecule has 2 aromatic rings. The smallest absolute Gasteiger partial charge is 0.256 e. The highest BCUT2D eigenvalue weighted by Gasteiger charge is 2.32. The van der Waals surface area contributed by atoms with Crippen molar-refractivity contribution in [1.29, 1.82) is 0 Å². The number of aryl methyl sites for hydroxylation is 1. The second-order valence-corrected chi connectivity index (χ2v) is 6.89. The molecule has 1 aromatic carbocycles. The first-order valence-corrected chi connectivity index (χ1v) is 8.54. The average Bonchev–Trinajstić information content (AvgIpc) is 2.90. The Balaban J connectivity index is 1.72. The number of aliphatic hydroxyl groups is 1. The van der Waals surface area contributed by atoms with E-state index in [2.05, 4.69) is 10.4 Å². The number of anilines is 2. The van der Waals surface area contributed by atoms with Crippen LogP contribution in [0.2, 0.25) is 5.02 Å². The highest BCUT2D eigenvalue weighted by atomic mass is 35.5. The lowest BCUT2D eigenvalue weighted by Gasteiger charge is -2.26. The van der Waals surface area contributed by atoms with Crippen LogP contribution < -0.4 is 11.1 Å². The van der Waals surface area contributed by atoms with Crippen LogP contribution >= 0.6 is 11.6 Å². The minimum absolute atomic E-state index is 0.138. The van der Waals surface area contributed by atoms with Gasteiger partial charge in [0.15, 0.2) is 0 Å². The van der Waals surface area contributed by atoms with E-state index >= 15 is 0 Å². The van der Waals surface area contributed by atoms with E-state index in [-0.39, 0.29) is 11.8 Å². The maximum absolute atomic E-state index is 13.1. The number of aliphatic hydroxyl groups excluding tert-OH is 1. The molecule has 0 spiro atoms. The maximum Gasteiger partial charge on any atom is 0.256 e. The summed E-state index contributed by atoms with van der Waals surface area (Å²) in [5.74, 6) is -0.106. The van der Waals surface area contributed by atoms with E-state index < -0.39 is 6.10 Å². The number of hydrogen-bond acceptors (Lipinski definition) is 5. The molecule has 0 amide bonds. The van der Waals surface area contributed by atoms with Crippen LogP contribution in [0.5, 0.6) is 0 Å². The highest BCUT2D eigenvalue weighted by Crippen LogP contribution is 2.36. The maximum atomic E-state index is 13.1. The largest absolute Gasteiger partial charge is 0.393 e. The third-order valence-electron chi connectivity index (χ3n) is 4.90. The molecule has 2 heterocycles. The zero-order valence-corrected chi connectivity index (χ0v) is 13.9. The number of nitrogens with two attached hydrogens (primary N) is 1. The number of carbonyl (C=O) groups is 1. The lowest BCUT2D eigenvalue weighted by molar-refractivity contribution is 0.0859. The van der Waals surface area contributed by atoms with Crippen molar-refractivity contribution in [3.05, 3.63) is 40.0 Å². The molecule has 2 atom stereocenters. The van der Waals surface area contributed by atoms with Crippen molar-refractivity contribution < 1.29 is 9.90 Å². The third kappa shape index (κ3) is 2.46.